The first-order chi connectivity index (χ1) is 7.15. The van der Waals surface area contributed by atoms with Crippen molar-refractivity contribution in [2.75, 3.05) is 32.8 Å². The van der Waals surface area contributed by atoms with E-state index >= 15 is 0 Å². The summed E-state index contributed by atoms with van der Waals surface area (Å²) in [6, 6.07) is -0.576. The van der Waals surface area contributed by atoms with Crippen molar-refractivity contribution in [1.29, 1.82) is 0 Å². The van der Waals surface area contributed by atoms with Crippen LogP contribution in [0.4, 0.5) is 8.78 Å². The van der Waals surface area contributed by atoms with Crippen LogP contribution >= 0.6 is 0 Å². The number of alkyl halides is 2. The van der Waals surface area contributed by atoms with Crippen LogP contribution in [0.5, 0.6) is 0 Å². The van der Waals surface area contributed by atoms with E-state index in [1.54, 1.807) is 6.92 Å². The van der Waals surface area contributed by atoms with Crippen LogP contribution in [-0.4, -0.2) is 56.1 Å². The van der Waals surface area contributed by atoms with E-state index in [0.29, 0.717) is 19.6 Å². The molecule has 0 aromatic carbocycles. The van der Waals surface area contributed by atoms with E-state index in [-0.39, 0.29) is 13.2 Å². The zero-order valence-corrected chi connectivity index (χ0v) is 8.71. The Bertz CT molecular complexity index is 214. The summed E-state index contributed by atoms with van der Waals surface area (Å²) in [6.07, 6.45) is -2.42. The van der Waals surface area contributed by atoms with Gasteiger partial charge in [-0.2, -0.15) is 0 Å². The molecule has 0 bridgehead atoms. The normalized spacial score (nSPS) is 23.1. The molecule has 15 heavy (non-hydrogen) atoms. The number of nitrogens with zero attached hydrogens (tertiary/aromatic N) is 1. The summed E-state index contributed by atoms with van der Waals surface area (Å²) in [4.78, 5) is 12.9. The molecule has 4 nitrogen and oxygen atoms in total. The van der Waals surface area contributed by atoms with Gasteiger partial charge in [-0.25, -0.2) is 8.78 Å². The number of esters is 1. The Balaban J connectivity index is 2.52. The molecule has 6 heteroatoms. The van der Waals surface area contributed by atoms with Gasteiger partial charge in [0.2, 0.25) is 0 Å². The third kappa shape index (κ3) is 3.71. The molecule has 88 valence electrons. The van der Waals surface area contributed by atoms with Gasteiger partial charge in [0.25, 0.3) is 6.43 Å². The van der Waals surface area contributed by atoms with E-state index in [2.05, 4.69) is 5.32 Å². The van der Waals surface area contributed by atoms with Gasteiger partial charge in [0.1, 0.15) is 6.04 Å². The molecule has 1 heterocycles. The summed E-state index contributed by atoms with van der Waals surface area (Å²) in [6.45, 7) is 3.07. The maximum absolute atomic E-state index is 12.2. The number of halogens is 2. The van der Waals surface area contributed by atoms with Crippen molar-refractivity contribution in [2.24, 2.45) is 0 Å². The van der Waals surface area contributed by atoms with Gasteiger partial charge in [-0.1, -0.05) is 0 Å². The summed E-state index contributed by atoms with van der Waals surface area (Å²) < 4.78 is 29.3. The van der Waals surface area contributed by atoms with Crippen molar-refractivity contribution < 1.29 is 18.3 Å². The van der Waals surface area contributed by atoms with Gasteiger partial charge in [-0.3, -0.25) is 9.69 Å². The molecule has 0 amide bonds. The molecule has 1 N–H and O–H groups in total. The van der Waals surface area contributed by atoms with Crippen molar-refractivity contribution in [3.63, 3.8) is 0 Å². The highest BCUT2D eigenvalue weighted by Crippen LogP contribution is 2.08. The second-order valence-electron chi connectivity index (χ2n) is 3.36. The van der Waals surface area contributed by atoms with Gasteiger partial charge in [-0.05, 0) is 6.92 Å². The van der Waals surface area contributed by atoms with Crippen LogP contribution in [0.3, 0.4) is 0 Å². The molecule has 1 fully saturated rings. The number of nitrogens with one attached hydrogen (secondary N) is 1. The molecule has 0 aliphatic carbocycles. The maximum atomic E-state index is 12.2. The maximum Gasteiger partial charge on any atom is 0.324 e. The fourth-order valence-corrected chi connectivity index (χ4v) is 1.61. The van der Waals surface area contributed by atoms with Crippen LogP contribution in [-0.2, 0) is 9.53 Å². The monoisotopic (exact) mass is 222 g/mol. The quantitative estimate of drug-likeness (QED) is 0.684. The van der Waals surface area contributed by atoms with E-state index < -0.39 is 18.4 Å². The lowest BCUT2D eigenvalue weighted by molar-refractivity contribution is -0.150. The van der Waals surface area contributed by atoms with Crippen molar-refractivity contribution in [1.82, 2.24) is 10.2 Å². The second-order valence-corrected chi connectivity index (χ2v) is 3.36. The van der Waals surface area contributed by atoms with E-state index in [4.69, 9.17) is 4.74 Å². The molecule has 1 unspecified atom stereocenters. The van der Waals surface area contributed by atoms with E-state index in [1.165, 1.54) is 4.90 Å². The lowest BCUT2D eigenvalue weighted by atomic mass is 10.2. The van der Waals surface area contributed by atoms with Gasteiger partial charge < -0.3 is 10.1 Å². The number of carbonyl (C=O) groups is 1. The van der Waals surface area contributed by atoms with Crippen molar-refractivity contribution >= 4 is 5.97 Å². The Hall–Kier alpha value is -0.750. The molecule has 1 atom stereocenters. The largest absolute Gasteiger partial charge is 0.465 e. The molecular weight excluding hydrogens is 206 g/mol. The lowest BCUT2D eigenvalue weighted by Crippen LogP contribution is -2.56. The second kappa shape index (κ2) is 5.97. The number of rotatable bonds is 4. The highest BCUT2D eigenvalue weighted by molar-refractivity contribution is 5.76. The van der Waals surface area contributed by atoms with Gasteiger partial charge >= 0.3 is 5.97 Å². The first kappa shape index (κ1) is 12.3. The molecule has 0 spiro atoms. The number of hydrogen-bond donors (Lipinski definition) is 1. The number of carbonyl (C=O) groups excluding carboxylic acids is 1. The minimum Gasteiger partial charge on any atom is -0.465 e. The SMILES string of the molecule is CCOC(=O)C1CNCCN1CC(F)F. The smallest absolute Gasteiger partial charge is 0.324 e. The Morgan fingerprint density at radius 3 is 3.00 bits per heavy atom. The Kier molecular flexibility index (Phi) is 4.90. The van der Waals surface area contributed by atoms with Gasteiger partial charge in [0, 0.05) is 19.6 Å². The molecule has 1 saturated heterocycles. The molecule has 1 rings (SSSR count). The zero-order valence-electron chi connectivity index (χ0n) is 8.71. The summed E-state index contributed by atoms with van der Waals surface area (Å²) in [5, 5.41) is 2.99. The lowest BCUT2D eigenvalue weighted by Gasteiger charge is -2.33. The minimum atomic E-state index is -2.42. The first-order valence-corrected chi connectivity index (χ1v) is 5.04. The van der Waals surface area contributed by atoms with Gasteiger partial charge in [0.15, 0.2) is 0 Å². The number of ether oxygens (including phenoxy) is 1. The summed E-state index contributed by atoms with van der Waals surface area (Å²) in [7, 11) is 0. The standard InChI is InChI=1S/C9H16F2N2O2/c1-2-15-9(14)7-5-12-3-4-13(7)6-8(10)11/h7-8,12H,2-6H2,1H3. The molecular formula is C9H16F2N2O2. The Morgan fingerprint density at radius 1 is 1.67 bits per heavy atom. The van der Waals surface area contributed by atoms with Crippen LogP contribution < -0.4 is 5.32 Å². The fraction of sp³-hybridized carbons (Fsp3) is 0.889. The molecule has 1 aliphatic rings. The molecule has 0 saturated carbocycles. The van der Waals surface area contributed by atoms with E-state index in [1.807, 2.05) is 0 Å². The highest BCUT2D eigenvalue weighted by Gasteiger charge is 2.31. The Labute approximate surface area is 87.6 Å². The minimum absolute atomic E-state index is 0.276. The van der Waals surface area contributed by atoms with Gasteiger partial charge in [0.05, 0.1) is 13.2 Å². The zero-order chi connectivity index (χ0) is 11.3. The molecule has 0 radical (unpaired) electrons. The average molecular weight is 222 g/mol. The van der Waals surface area contributed by atoms with Gasteiger partial charge in [-0.15, -0.1) is 0 Å². The van der Waals surface area contributed by atoms with Crippen LogP contribution in [0.1, 0.15) is 6.92 Å². The predicted molar refractivity (Wildman–Crippen MR) is 50.9 cm³/mol. The third-order valence-corrected chi connectivity index (χ3v) is 2.29. The number of hydrogen-bond acceptors (Lipinski definition) is 4. The van der Waals surface area contributed by atoms with Crippen LogP contribution in [0.15, 0.2) is 0 Å². The Morgan fingerprint density at radius 2 is 2.40 bits per heavy atom. The van der Waals surface area contributed by atoms with Crippen LogP contribution in [0.25, 0.3) is 0 Å². The first-order valence-electron chi connectivity index (χ1n) is 5.04. The summed E-state index contributed by atoms with van der Waals surface area (Å²) in [5.41, 5.74) is 0. The fourth-order valence-electron chi connectivity index (χ4n) is 1.61. The predicted octanol–water partition coefficient (Wildman–Crippen LogP) is 0.0884. The highest BCUT2D eigenvalue weighted by atomic mass is 19.3. The van der Waals surface area contributed by atoms with Crippen LogP contribution in [0.2, 0.25) is 0 Å². The summed E-state index contributed by atoms with van der Waals surface area (Å²) in [5.74, 6) is -0.426. The summed E-state index contributed by atoms with van der Waals surface area (Å²) >= 11 is 0. The van der Waals surface area contributed by atoms with E-state index in [9.17, 15) is 13.6 Å². The average Bonchev–Trinajstić information content (AvgIpc) is 2.18. The number of piperazine rings is 1. The van der Waals surface area contributed by atoms with E-state index in [0.717, 1.165) is 0 Å². The molecule has 0 aromatic heterocycles. The van der Waals surface area contributed by atoms with Crippen LogP contribution in [0, 0.1) is 0 Å². The van der Waals surface area contributed by atoms with Crippen molar-refractivity contribution in [3.8, 4) is 0 Å². The van der Waals surface area contributed by atoms with Crippen molar-refractivity contribution in [2.45, 2.75) is 19.4 Å². The molecule has 1 aliphatic heterocycles. The molecule has 0 aromatic rings. The third-order valence-electron chi connectivity index (χ3n) is 2.29. The van der Waals surface area contributed by atoms with Crippen molar-refractivity contribution in [3.05, 3.63) is 0 Å². The topological polar surface area (TPSA) is 41.6 Å².